The Morgan fingerprint density at radius 3 is 2.35 bits per heavy atom. The first-order valence-corrected chi connectivity index (χ1v) is 31.0. The molecule has 452 valence electrons. The molecule has 4 atom stereocenters. The predicted octanol–water partition coefficient (Wildman–Crippen LogP) is 11.7. The number of carbonyl (C=O) groups excluding carboxylic acids is 4. The number of unbranched alkanes of at least 4 members (excludes halogenated alkanes) is 9. The van der Waals surface area contributed by atoms with Gasteiger partial charge in [0.05, 0.1) is 56.8 Å². The number of thiazole rings is 1. The number of fused-ring (bicyclic) bond motifs is 1. The van der Waals surface area contributed by atoms with E-state index in [1.54, 1.807) is 29.5 Å². The lowest BCUT2D eigenvalue weighted by atomic mass is 9.85. The summed E-state index contributed by atoms with van der Waals surface area (Å²) in [5.41, 5.74) is 6.71. The van der Waals surface area contributed by atoms with Crippen LogP contribution >= 0.6 is 22.9 Å². The van der Waals surface area contributed by atoms with Crippen LogP contribution in [0.3, 0.4) is 0 Å². The number of aryl methyl sites for hydroxylation is 3. The zero-order valence-electron chi connectivity index (χ0n) is 49.8. The van der Waals surface area contributed by atoms with E-state index in [0.717, 1.165) is 118 Å². The Balaban J connectivity index is 0.766. The van der Waals surface area contributed by atoms with Gasteiger partial charge in [-0.25, -0.2) is 19.3 Å². The SMILES string of the molecule is CCN(CC)C/C=C/C(=O)Nc1cc2c(Nc3ccc(F)c(Cl)c3)ncnc2cc1OCCCCCc1cn(CCCCCCCCCCC(=O)N[C@H](C(=O)N2C[C@H](O)C[C@H]2C(=O)N[C@H](C)c2ccc(-c3scnc3C)cc2)C(C)(C)C)nn1. The number of aliphatic hydroxyl groups is 1. The van der Waals surface area contributed by atoms with E-state index in [0.29, 0.717) is 59.8 Å². The fourth-order valence-corrected chi connectivity index (χ4v) is 11.3. The maximum Gasteiger partial charge on any atom is 0.248 e. The molecule has 3 aromatic carbocycles. The highest BCUT2D eigenvalue weighted by molar-refractivity contribution is 7.13. The maximum absolute atomic E-state index is 14.1. The van der Waals surface area contributed by atoms with Gasteiger partial charge in [0, 0.05) is 61.9 Å². The fraction of sp³-hybridized carbons (Fsp3) is 0.508. The number of carbonyl (C=O) groups is 4. The first-order valence-electron chi connectivity index (χ1n) is 29.7. The molecule has 5 N–H and O–H groups in total. The van der Waals surface area contributed by atoms with Crippen molar-refractivity contribution < 1.29 is 33.4 Å². The van der Waals surface area contributed by atoms with Gasteiger partial charge in [0.2, 0.25) is 23.6 Å². The zero-order chi connectivity index (χ0) is 60.2. The van der Waals surface area contributed by atoms with Crippen molar-refractivity contribution in [2.45, 2.75) is 169 Å². The van der Waals surface area contributed by atoms with Gasteiger partial charge >= 0.3 is 0 Å². The van der Waals surface area contributed by atoms with Crippen LogP contribution in [0.25, 0.3) is 21.3 Å². The molecular formula is C63H84ClFN12O6S. The van der Waals surface area contributed by atoms with E-state index in [2.05, 4.69) is 65.3 Å². The molecule has 0 saturated carbocycles. The number of aromatic nitrogens is 6. The first kappa shape index (κ1) is 64.7. The molecule has 0 bridgehead atoms. The summed E-state index contributed by atoms with van der Waals surface area (Å²) in [6.07, 6.45) is 17.9. The molecule has 4 heterocycles. The van der Waals surface area contributed by atoms with Gasteiger partial charge in [0.25, 0.3) is 0 Å². The minimum absolute atomic E-state index is 0.0218. The van der Waals surface area contributed by atoms with Crippen LogP contribution in [0.5, 0.6) is 5.75 Å². The van der Waals surface area contributed by atoms with Crippen molar-refractivity contribution in [2.75, 3.05) is 43.4 Å². The monoisotopic (exact) mass is 1190 g/mol. The number of aliphatic hydroxyl groups excluding tert-OH is 1. The Labute approximate surface area is 502 Å². The average Bonchev–Trinajstić information content (AvgIpc) is 3.35. The number of nitrogens with zero attached hydrogens (tertiary/aromatic N) is 8. The lowest BCUT2D eigenvalue weighted by molar-refractivity contribution is -0.144. The van der Waals surface area contributed by atoms with Gasteiger partial charge in [0.15, 0.2) is 0 Å². The minimum Gasteiger partial charge on any atom is -0.491 e. The molecule has 0 spiro atoms. The first-order chi connectivity index (χ1) is 40.4. The van der Waals surface area contributed by atoms with Gasteiger partial charge in [0.1, 0.15) is 35.8 Å². The lowest BCUT2D eigenvalue weighted by Crippen LogP contribution is -2.57. The third-order valence-corrected chi connectivity index (χ3v) is 16.5. The van der Waals surface area contributed by atoms with Crippen LogP contribution in [0, 0.1) is 18.2 Å². The molecule has 0 unspecified atom stereocenters. The van der Waals surface area contributed by atoms with Crippen molar-refractivity contribution in [2.24, 2.45) is 5.41 Å². The van der Waals surface area contributed by atoms with Crippen LogP contribution in [0.15, 0.2) is 84.8 Å². The summed E-state index contributed by atoms with van der Waals surface area (Å²) in [7, 11) is 0. The third kappa shape index (κ3) is 19.1. The molecular weight excluding hydrogens is 1110 g/mol. The van der Waals surface area contributed by atoms with Crippen molar-refractivity contribution in [3.63, 3.8) is 0 Å². The second-order valence-corrected chi connectivity index (χ2v) is 24.1. The highest BCUT2D eigenvalue weighted by atomic mass is 35.5. The van der Waals surface area contributed by atoms with E-state index in [1.165, 1.54) is 29.4 Å². The number of anilines is 3. The second-order valence-electron chi connectivity index (χ2n) is 22.8. The maximum atomic E-state index is 14.1. The summed E-state index contributed by atoms with van der Waals surface area (Å²) in [5.74, 6) is -0.773. The van der Waals surface area contributed by atoms with E-state index >= 15 is 0 Å². The van der Waals surface area contributed by atoms with Gasteiger partial charge < -0.3 is 40.9 Å². The number of nitrogens with one attached hydrogen (secondary N) is 4. The van der Waals surface area contributed by atoms with Gasteiger partial charge in [-0.2, -0.15) is 0 Å². The third-order valence-electron chi connectivity index (χ3n) is 15.2. The number of ether oxygens (including phenoxy) is 1. The highest BCUT2D eigenvalue weighted by Gasteiger charge is 2.44. The lowest BCUT2D eigenvalue weighted by Gasteiger charge is -2.35. The average molecular weight is 1190 g/mol. The summed E-state index contributed by atoms with van der Waals surface area (Å²) in [4.78, 5) is 72.3. The Bertz CT molecular complexity index is 3140. The summed E-state index contributed by atoms with van der Waals surface area (Å²) in [5, 5.41) is 32.3. The van der Waals surface area contributed by atoms with Gasteiger partial charge in [-0.15, -0.1) is 16.4 Å². The molecule has 1 aliphatic heterocycles. The van der Waals surface area contributed by atoms with Crippen molar-refractivity contribution >= 4 is 74.7 Å². The molecule has 18 nitrogen and oxygen atoms in total. The predicted molar refractivity (Wildman–Crippen MR) is 331 cm³/mol. The Morgan fingerprint density at radius 2 is 1.64 bits per heavy atom. The number of hydrogen-bond acceptors (Lipinski definition) is 14. The van der Waals surface area contributed by atoms with Crippen LogP contribution in [0.1, 0.15) is 148 Å². The Kier molecular flexibility index (Phi) is 24.5. The van der Waals surface area contributed by atoms with Crippen LogP contribution in [-0.4, -0.2) is 119 Å². The number of likely N-dealkylation sites (N-methyl/N-ethyl adjacent to an activating group) is 1. The van der Waals surface area contributed by atoms with Crippen LogP contribution in [-0.2, 0) is 32.1 Å². The van der Waals surface area contributed by atoms with E-state index in [9.17, 15) is 28.7 Å². The molecule has 21 heteroatoms. The molecule has 0 radical (unpaired) electrons. The van der Waals surface area contributed by atoms with Gasteiger partial charge in [-0.1, -0.05) is 120 Å². The number of amides is 4. The van der Waals surface area contributed by atoms with Gasteiger partial charge in [-0.3, -0.25) is 23.9 Å². The van der Waals surface area contributed by atoms with Crippen LogP contribution in [0.4, 0.5) is 21.6 Å². The fourth-order valence-electron chi connectivity index (χ4n) is 10.3. The summed E-state index contributed by atoms with van der Waals surface area (Å²) < 4.78 is 22.1. The summed E-state index contributed by atoms with van der Waals surface area (Å²) >= 11 is 7.63. The molecule has 7 rings (SSSR count). The quantitative estimate of drug-likeness (QED) is 0.0196. The van der Waals surface area contributed by atoms with Crippen molar-refractivity contribution in [1.29, 1.82) is 0 Å². The number of hydrogen-bond donors (Lipinski definition) is 5. The number of halogens is 2. The number of likely N-dealkylation sites (tertiary alicyclic amines) is 1. The molecule has 0 aliphatic carbocycles. The normalized spacial score (nSPS) is 15.2. The van der Waals surface area contributed by atoms with E-state index in [1.807, 2.05) is 81.3 Å². The molecule has 1 saturated heterocycles. The number of β-amino-alcohol motifs (C(OH)–C–C–N with tert-alkyl or cyclic N) is 1. The minimum atomic E-state index is -0.860. The molecule has 4 amide bonds. The van der Waals surface area contributed by atoms with Crippen molar-refractivity contribution in [3.05, 3.63) is 113 Å². The summed E-state index contributed by atoms with van der Waals surface area (Å²) in [6.45, 7) is 17.4. The topological polar surface area (TPSA) is 222 Å². The van der Waals surface area contributed by atoms with Crippen molar-refractivity contribution in [1.82, 2.24) is 50.4 Å². The van der Waals surface area contributed by atoms with Crippen molar-refractivity contribution in [3.8, 4) is 16.2 Å². The molecule has 1 aliphatic rings. The summed E-state index contributed by atoms with van der Waals surface area (Å²) in [6, 6.07) is 13.8. The zero-order valence-corrected chi connectivity index (χ0v) is 51.3. The molecule has 1 fully saturated rings. The molecule has 6 aromatic rings. The Hall–Kier alpha value is -6.87. The standard InChI is InChI=1S/C63H84ClFN12O6S/c1-8-75(9-2)31-21-24-56(79)71-53-36-49-52(66-40-67-60(49)70-46-29-30-51(65)50(64)34-46)37-55(53)83-33-20-16-17-22-47-38-76(74-73-47)32-19-15-13-11-10-12-14-18-23-57(80)72-59(63(5,6)7)62(82)77-39-48(78)35-54(77)61(81)69-42(3)44-25-27-45(28-26-44)58-43(4)68-41-84-58/h21,24-30,34,36-38,40-42,48,54,59,78H,8-20,22-23,31-33,35,39H2,1-7H3,(H,69,81)(H,71,79)(H,72,80)(H,66,67,70)/b24-21+/t42-,48-,54+,59-/m1/s1. The van der Waals surface area contributed by atoms with Crippen LogP contribution < -0.4 is 26.0 Å². The number of rotatable bonds is 32. The highest BCUT2D eigenvalue weighted by Crippen LogP contribution is 2.35. The van der Waals surface area contributed by atoms with Gasteiger partial charge in [-0.05, 0) is 106 Å². The molecule has 3 aromatic heterocycles. The smallest absolute Gasteiger partial charge is 0.248 e. The van der Waals surface area contributed by atoms with Crippen LogP contribution in [0.2, 0.25) is 5.02 Å². The van der Waals surface area contributed by atoms with E-state index in [4.69, 9.17) is 16.3 Å². The van der Waals surface area contributed by atoms with E-state index < -0.39 is 29.4 Å². The van der Waals surface area contributed by atoms with E-state index in [-0.39, 0.29) is 47.7 Å². The Morgan fingerprint density at radius 1 is 0.917 bits per heavy atom. The largest absolute Gasteiger partial charge is 0.491 e. The number of benzene rings is 3. The second kappa shape index (κ2) is 31.9. The molecule has 84 heavy (non-hydrogen) atoms.